The molecule has 20 heavy (non-hydrogen) atoms. The van der Waals surface area contributed by atoms with Crippen molar-refractivity contribution in [3.63, 3.8) is 0 Å². The molecule has 0 bridgehead atoms. The first-order chi connectivity index (χ1) is 9.73. The fraction of sp³-hybridized carbons (Fsp3) is 0.875. The molecule has 1 N–H and O–H groups in total. The first-order valence-electron chi connectivity index (χ1n) is 8.28. The third-order valence-electron chi connectivity index (χ3n) is 5.25. The van der Waals surface area contributed by atoms with Crippen molar-refractivity contribution in [2.24, 2.45) is 5.92 Å². The van der Waals surface area contributed by atoms with E-state index in [4.69, 9.17) is 9.51 Å². The lowest BCUT2D eigenvalue weighted by atomic mass is 9.81. The van der Waals surface area contributed by atoms with Crippen molar-refractivity contribution < 1.29 is 4.52 Å². The molecule has 1 saturated heterocycles. The summed E-state index contributed by atoms with van der Waals surface area (Å²) >= 11 is 0. The summed E-state index contributed by atoms with van der Waals surface area (Å²) in [7, 11) is 0. The summed E-state index contributed by atoms with van der Waals surface area (Å²) in [5.74, 6) is 3.24. The summed E-state index contributed by atoms with van der Waals surface area (Å²) in [6, 6.07) is 0. The van der Waals surface area contributed by atoms with Gasteiger partial charge in [0, 0.05) is 12.5 Å². The van der Waals surface area contributed by atoms with Crippen LogP contribution in [-0.4, -0.2) is 23.2 Å². The van der Waals surface area contributed by atoms with Crippen LogP contribution in [0.25, 0.3) is 0 Å². The van der Waals surface area contributed by atoms with Crippen LogP contribution in [0.5, 0.6) is 0 Å². The van der Waals surface area contributed by atoms with Gasteiger partial charge < -0.3 is 9.84 Å². The average Bonchev–Trinajstić information content (AvgIpc) is 3.09. The molecule has 1 aliphatic carbocycles. The lowest BCUT2D eigenvalue weighted by Crippen LogP contribution is -2.29. The van der Waals surface area contributed by atoms with E-state index in [9.17, 15) is 0 Å². The van der Waals surface area contributed by atoms with Crippen molar-refractivity contribution in [3.8, 4) is 0 Å². The van der Waals surface area contributed by atoms with Crippen molar-refractivity contribution >= 4 is 0 Å². The number of hydrogen-bond donors (Lipinski definition) is 1. The van der Waals surface area contributed by atoms with Crippen molar-refractivity contribution in [2.75, 3.05) is 13.1 Å². The zero-order valence-electron chi connectivity index (χ0n) is 12.8. The highest BCUT2D eigenvalue weighted by atomic mass is 16.5. The molecule has 1 aromatic rings. The first-order valence-corrected chi connectivity index (χ1v) is 8.28. The Kier molecular flexibility index (Phi) is 4.11. The van der Waals surface area contributed by atoms with E-state index in [-0.39, 0.29) is 5.41 Å². The SMILES string of the molecule is CCCC1(c2nc(C3CCC(C)CC3)no2)CCNC1. The van der Waals surface area contributed by atoms with Crippen molar-refractivity contribution in [1.82, 2.24) is 15.5 Å². The van der Waals surface area contributed by atoms with E-state index in [2.05, 4.69) is 24.3 Å². The molecule has 1 aromatic heterocycles. The molecule has 4 nitrogen and oxygen atoms in total. The Morgan fingerprint density at radius 1 is 1.30 bits per heavy atom. The Morgan fingerprint density at radius 2 is 2.10 bits per heavy atom. The Labute approximate surface area is 121 Å². The van der Waals surface area contributed by atoms with Crippen LogP contribution in [0.4, 0.5) is 0 Å². The van der Waals surface area contributed by atoms with Gasteiger partial charge in [-0.3, -0.25) is 0 Å². The molecule has 112 valence electrons. The summed E-state index contributed by atoms with van der Waals surface area (Å²) in [6.45, 7) is 6.64. The highest BCUT2D eigenvalue weighted by Crippen LogP contribution is 2.38. The quantitative estimate of drug-likeness (QED) is 0.916. The van der Waals surface area contributed by atoms with Crippen LogP contribution >= 0.6 is 0 Å². The van der Waals surface area contributed by atoms with E-state index in [1.165, 1.54) is 32.1 Å². The second-order valence-electron chi connectivity index (χ2n) is 6.87. The van der Waals surface area contributed by atoms with Crippen molar-refractivity contribution in [2.45, 2.75) is 70.1 Å². The summed E-state index contributed by atoms with van der Waals surface area (Å²) in [5, 5.41) is 7.79. The Morgan fingerprint density at radius 3 is 2.75 bits per heavy atom. The highest BCUT2D eigenvalue weighted by molar-refractivity contribution is 5.11. The highest BCUT2D eigenvalue weighted by Gasteiger charge is 2.40. The van der Waals surface area contributed by atoms with Gasteiger partial charge in [-0.05, 0) is 38.1 Å². The van der Waals surface area contributed by atoms with E-state index in [1.807, 2.05) is 0 Å². The van der Waals surface area contributed by atoms with Gasteiger partial charge >= 0.3 is 0 Å². The fourth-order valence-corrected chi connectivity index (χ4v) is 3.86. The normalized spacial score (nSPS) is 34.5. The van der Waals surface area contributed by atoms with Gasteiger partial charge in [0.05, 0.1) is 5.41 Å². The summed E-state index contributed by atoms with van der Waals surface area (Å²) in [4.78, 5) is 4.81. The number of rotatable bonds is 4. The third kappa shape index (κ3) is 2.62. The standard InChI is InChI=1S/C16H27N3O/c1-3-8-16(9-10-17-11-16)15-18-14(19-20-15)13-6-4-12(2)5-7-13/h12-13,17H,3-11H2,1-2H3. The predicted molar refractivity (Wildman–Crippen MR) is 78.7 cm³/mol. The molecule has 1 unspecified atom stereocenters. The lowest BCUT2D eigenvalue weighted by Gasteiger charge is -2.24. The third-order valence-corrected chi connectivity index (χ3v) is 5.25. The first kappa shape index (κ1) is 14.1. The second-order valence-corrected chi connectivity index (χ2v) is 6.87. The molecule has 1 saturated carbocycles. The topological polar surface area (TPSA) is 51.0 Å². The largest absolute Gasteiger partial charge is 0.339 e. The maximum absolute atomic E-state index is 5.68. The fourth-order valence-electron chi connectivity index (χ4n) is 3.86. The van der Waals surface area contributed by atoms with E-state index in [0.29, 0.717) is 5.92 Å². The minimum Gasteiger partial charge on any atom is -0.339 e. The maximum atomic E-state index is 5.68. The molecule has 2 aliphatic rings. The zero-order valence-corrected chi connectivity index (χ0v) is 12.8. The van der Waals surface area contributed by atoms with Gasteiger partial charge in [0.25, 0.3) is 0 Å². The molecule has 0 amide bonds. The Balaban J connectivity index is 1.75. The molecule has 1 atom stereocenters. The number of aromatic nitrogens is 2. The van der Waals surface area contributed by atoms with Crippen LogP contribution in [-0.2, 0) is 5.41 Å². The van der Waals surface area contributed by atoms with Crippen LogP contribution in [0.2, 0.25) is 0 Å². The van der Waals surface area contributed by atoms with Gasteiger partial charge in [-0.25, -0.2) is 0 Å². The van der Waals surface area contributed by atoms with Gasteiger partial charge in [-0.2, -0.15) is 4.98 Å². The van der Waals surface area contributed by atoms with Gasteiger partial charge in [0.2, 0.25) is 5.89 Å². The molecule has 3 rings (SSSR count). The zero-order chi connectivity index (χ0) is 14.0. The summed E-state index contributed by atoms with van der Waals surface area (Å²) < 4.78 is 5.68. The summed E-state index contributed by atoms with van der Waals surface area (Å²) in [6.07, 6.45) is 8.48. The Hall–Kier alpha value is -0.900. The van der Waals surface area contributed by atoms with Crippen LogP contribution in [0.3, 0.4) is 0 Å². The maximum Gasteiger partial charge on any atom is 0.234 e. The van der Waals surface area contributed by atoms with Crippen molar-refractivity contribution in [3.05, 3.63) is 11.7 Å². The minimum atomic E-state index is 0.0992. The van der Waals surface area contributed by atoms with E-state index in [1.54, 1.807) is 0 Å². The monoisotopic (exact) mass is 277 g/mol. The van der Waals surface area contributed by atoms with Crippen LogP contribution < -0.4 is 5.32 Å². The van der Waals surface area contributed by atoms with Crippen molar-refractivity contribution in [1.29, 1.82) is 0 Å². The number of nitrogens with one attached hydrogen (secondary N) is 1. The van der Waals surface area contributed by atoms with Gasteiger partial charge in [0.1, 0.15) is 0 Å². The Bertz CT molecular complexity index is 429. The molecular weight excluding hydrogens is 250 g/mol. The molecule has 2 fully saturated rings. The van der Waals surface area contributed by atoms with Gasteiger partial charge in [-0.15, -0.1) is 0 Å². The molecule has 1 aliphatic heterocycles. The molecule has 0 radical (unpaired) electrons. The molecule has 0 spiro atoms. The lowest BCUT2D eigenvalue weighted by molar-refractivity contribution is 0.272. The van der Waals surface area contributed by atoms with Crippen LogP contribution in [0.15, 0.2) is 4.52 Å². The summed E-state index contributed by atoms with van der Waals surface area (Å²) in [5.41, 5.74) is 0.0992. The van der Waals surface area contributed by atoms with E-state index in [0.717, 1.165) is 43.6 Å². The molecular formula is C16H27N3O. The average molecular weight is 277 g/mol. The molecule has 0 aromatic carbocycles. The van der Waals surface area contributed by atoms with E-state index >= 15 is 0 Å². The predicted octanol–water partition coefficient (Wildman–Crippen LogP) is 3.39. The van der Waals surface area contributed by atoms with Crippen LogP contribution in [0, 0.1) is 5.92 Å². The number of nitrogens with zero attached hydrogens (tertiary/aromatic N) is 2. The molecule has 2 heterocycles. The smallest absolute Gasteiger partial charge is 0.234 e. The molecule has 4 heteroatoms. The van der Waals surface area contributed by atoms with Crippen LogP contribution in [0.1, 0.15) is 76.4 Å². The number of hydrogen-bond acceptors (Lipinski definition) is 4. The minimum absolute atomic E-state index is 0.0992. The van der Waals surface area contributed by atoms with Gasteiger partial charge in [0.15, 0.2) is 5.82 Å². The van der Waals surface area contributed by atoms with E-state index < -0.39 is 0 Å². The second kappa shape index (κ2) is 5.84. The van der Waals surface area contributed by atoms with Gasteiger partial charge in [-0.1, -0.05) is 38.3 Å².